The topological polar surface area (TPSA) is 29.5 Å². The third kappa shape index (κ3) is 4.82. The van der Waals surface area contributed by atoms with Gasteiger partial charge in [0, 0.05) is 50.1 Å². The molecule has 53 heavy (non-hydrogen) atoms. The van der Waals surface area contributed by atoms with Crippen LogP contribution in [0.25, 0.3) is 87.7 Å². The number of para-hydroxylation sites is 1. The molecule has 248 valence electrons. The molecule has 0 aliphatic heterocycles. The van der Waals surface area contributed by atoms with Gasteiger partial charge in [0.25, 0.3) is 0 Å². The van der Waals surface area contributed by atoms with Crippen LogP contribution in [0.5, 0.6) is 0 Å². The van der Waals surface area contributed by atoms with E-state index in [9.17, 15) is 0 Å². The predicted octanol–water partition coefficient (Wildman–Crippen LogP) is 14.6. The lowest BCUT2D eigenvalue weighted by Gasteiger charge is -2.26. The molecule has 0 spiro atoms. The van der Waals surface area contributed by atoms with E-state index in [1.165, 1.54) is 21.7 Å². The molecule has 9 aromatic carbocycles. The van der Waals surface area contributed by atoms with E-state index in [1.807, 2.05) is 12.1 Å². The van der Waals surface area contributed by atoms with Crippen molar-refractivity contribution in [3.05, 3.63) is 188 Å². The zero-order chi connectivity index (χ0) is 34.9. The van der Waals surface area contributed by atoms with Gasteiger partial charge in [0.05, 0.1) is 0 Å². The van der Waals surface area contributed by atoms with E-state index in [-0.39, 0.29) is 0 Å². The van der Waals surface area contributed by atoms with Gasteiger partial charge in [-0.3, -0.25) is 0 Å². The summed E-state index contributed by atoms with van der Waals surface area (Å²) in [5, 5.41) is 9.23. The fraction of sp³-hybridized carbons (Fsp3) is 0. The highest BCUT2D eigenvalue weighted by Gasteiger charge is 2.19. The van der Waals surface area contributed by atoms with Crippen molar-refractivity contribution in [2.75, 3.05) is 4.90 Å². The lowest BCUT2D eigenvalue weighted by atomic mass is 9.97. The molecule has 0 bridgehead atoms. The van der Waals surface area contributed by atoms with E-state index in [2.05, 4.69) is 181 Å². The summed E-state index contributed by atoms with van der Waals surface area (Å²) in [5.41, 5.74) is 11.3. The second-order valence-corrected chi connectivity index (χ2v) is 13.7. The van der Waals surface area contributed by atoms with Gasteiger partial charge in [-0.25, -0.2) is 0 Å². The molecule has 0 aliphatic carbocycles. The second kappa shape index (κ2) is 11.7. The SMILES string of the molecule is c1cc(-c2ccc3ccccc3c2)cc(N(c2cccc(-c3cccc4oc5c6ccccc6ccc5c34)c2)c2ccc3c(c2)oc2ccccc23)c1. The normalized spacial score (nSPS) is 11.8. The summed E-state index contributed by atoms with van der Waals surface area (Å²) in [6.45, 7) is 0. The van der Waals surface area contributed by atoms with Gasteiger partial charge in [-0.05, 0) is 99.1 Å². The van der Waals surface area contributed by atoms with Gasteiger partial charge in [-0.15, -0.1) is 0 Å². The fourth-order valence-corrected chi connectivity index (χ4v) is 8.10. The largest absolute Gasteiger partial charge is 0.456 e. The first-order valence-electron chi connectivity index (χ1n) is 18.0. The Morgan fingerprint density at radius 1 is 0.321 bits per heavy atom. The molecule has 0 amide bonds. The summed E-state index contributed by atoms with van der Waals surface area (Å²) in [6, 6.07) is 66.9. The number of nitrogens with zero attached hydrogens (tertiary/aromatic N) is 1. The van der Waals surface area contributed by atoms with E-state index in [0.717, 1.165) is 83.0 Å². The maximum Gasteiger partial charge on any atom is 0.143 e. The third-order valence-electron chi connectivity index (χ3n) is 10.6. The van der Waals surface area contributed by atoms with Gasteiger partial charge in [-0.2, -0.15) is 0 Å². The Morgan fingerprint density at radius 2 is 0.943 bits per heavy atom. The molecule has 0 unspecified atom stereocenters. The molecular weight excluding hydrogens is 647 g/mol. The molecule has 0 fully saturated rings. The summed E-state index contributed by atoms with van der Waals surface area (Å²) in [5.74, 6) is 0. The Hall–Kier alpha value is -7.10. The summed E-state index contributed by atoms with van der Waals surface area (Å²) < 4.78 is 13.0. The second-order valence-electron chi connectivity index (χ2n) is 13.7. The number of rotatable bonds is 5. The minimum absolute atomic E-state index is 0.859. The van der Waals surface area contributed by atoms with Gasteiger partial charge in [0.1, 0.15) is 22.3 Å². The van der Waals surface area contributed by atoms with Gasteiger partial charge in [0.2, 0.25) is 0 Å². The van der Waals surface area contributed by atoms with E-state index in [0.29, 0.717) is 0 Å². The Labute approximate surface area is 305 Å². The Morgan fingerprint density at radius 3 is 1.83 bits per heavy atom. The smallest absolute Gasteiger partial charge is 0.143 e. The van der Waals surface area contributed by atoms with Crippen LogP contribution < -0.4 is 4.90 Å². The van der Waals surface area contributed by atoms with Crippen LogP contribution in [-0.2, 0) is 0 Å². The first-order chi connectivity index (χ1) is 26.2. The summed E-state index contributed by atoms with van der Waals surface area (Å²) in [4.78, 5) is 2.34. The fourth-order valence-electron chi connectivity index (χ4n) is 8.10. The summed E-state index contributed by atoms with van der Waals surface area (Å²) in [6.07, 6.45) is 0. The monoisotopic (exact) mass is 677 g/mol. The first kappa shape index (κ1) is 29.6. The zero-order valence-electron chi connectivity index (χ0n) is 28.7. The van der Waals surface area contributed by atoms with Crippen molar-refractivity contribution in [1.29, 1.82) is 0 Å². The van der Waals surface area contributed by atoms with Crippen molar-refractivity contribution >= 4 is 82.5 Å². The van der Waals surface area contributed by atoms with Gasteiger partial charge in [-0.1, -0.05) is 121 Å². The number of benzene rings is 9. The number of furan rings is 2. The summed E-state index contributed by atoms with van der Waals surface area (Å²) >= 11 is 0. The molecule has 0 radical (unpaired) electrons. The van der Waals surface area contributed by atoms with Gasteiger partial charge < -0.3 is 13.7 Å². The number of hydrogen-bond donors (Lipinski definition) is 0. The van der Waals surface area contributed by atoms with E-state index in [1.54, 1.807) is 0 Å². The lowest BCUT2D eigenvalue weighted by molar-refractivity contribution is 0.669. The van der Waals surface area contributed by atoms with Crippen molar-refractivity contribution in [2.24, 2.45) is 0 Å². The molecule has 3 heteroatoms. The maximum absolute atomic E-state index is 6.57. The zero-order valence-corrected chi connectivity index (χ0v) is 28.7. The third-order valence-corrected chi connectivity index (χ3v) is 10.6. The predicted molar refractivity (Wildman–Crippen MR) is 222 cm³/mol. The Kier molecular flexibility index (Phi) is 6.55. The van der Waals surface area contributed by atoms with E-state index >= 15 is 0 Å². The van der Waals surface area contributed by atoms with Crippen molar-refractivity contribution in [3.8, 4) is 22.3 Å². The maximum atomic E-state index is 6.57. The average Bonchev–Trinajstić information content (AvgIpc) is 3.80. The molecule has 3 nitrogen and oxygen atoms in total. The molecule has 2 aromatic heterocycles. The van der Waals surface area contributed by atoms with Crippen LogP contribution in [0.1, 0.15) is 0 Å². The van der Waals surface area contributed by atoms with Crippen molar-refractivity contribution in [1.82, 2.24) is 0 Å². The quantitative estimate of drug-likeness (QED) is 0.182. The molecule has 11 aromatic rings. The van der Waals surface area contributed by atoms with Crippen LogP contribution in [0.4, 0.5) is 17.1 Å². The Balaban J connectivity index is 1.10. The van der Waals surface area contributed by atoms with Crippen LogP contribution >= 0.6 is 0 Å². The highest BCUT2D eigenvalue weighted by atomic mass is 16.3. The van der Waals surface area contributed by atoms with Crippen molar-refractivity contribution in [3.63, 3.8) is 0 Å². The standard InChI is InChI=1S/C50H31NO2/c1-2-12-34-28-36(23-22-32(34)10-1)35-13-7-15-38(29-35)51(40-25-27-44-43-18-5-6-20-46(43)52-48(44)31-40)39-16-8-14-37(30-39)41-19-9-21-47-49(41)45-26-24-33-11-3-4-17-42(33)50(45)53-47/h1-31H. The van der Waals surface area contributed by atoms with Crippen LogP contribution in [0.3, 0.4) is 0 Å². The van der Waals surface area contributed by atoms with Crippen molar-refractivity contribution in [2.45, 2.75) is 0 Å². The molecule has 0 saturated carbocycles. The highest BCUT2D eigenvalue weighted by molar-refractivity contribution is 6.19. The minimum Gasteiger partial charge on any atom is -0.456 e. The molecule has 0 saturated heterocycles. The number of fused-ring (bicyclic) bond motifs is 9. The first-order valence-corrected chi connectivity index (χ1v) is 18.0. The number of anilines is 3. The average molecular weight is 678 g/mol. The minimum atomic E-state index is 0.859. The molecular formula is C50H31NO2. The van der Waals surface area contributed by atoms with E-state index < -0.39 is 0 Å². The highest BCUT2D eigenvalue weighted by Crippen LogP contribution is 2.43. The van der Waals surface area contributed by atoms with Crippen LogP contribution in [0, 0.1) is 0 Å². The lowest BCUT2D eigenvalue weighted by Crippen LogP contribution is -2.10. The van der Waals surface area contributed by atoms with E-state index in [4.69, 9.17) is 8.83 Å². The summed E-state index contributed by atoms with van der Waals surface area (Å²) in [7, 11) is 0. The van der Waals surface area contributed by atoms with Gasteiger partial charge >= 0.3 is 0 Å². The number of hydrogen-bond acceptors (Lipinski definition) is 3. The van der Waals surface area contributed by atoms with Crippen LogP contribution in [-0.4, -0.2) is 0 Å². The molecule has 0 aliphatic rings. The molecule has 0 atom stereocenters. The van der Waals surface area contributed by atoms with Crippen LogP contribution in [0.15, 0.2) is 197 Å². The van der Waals surface area contributed by atoms with Gasteiger partial charge in [0.15, 0.2) is 0 Å². The molecule has 11 rings (SSSR count). The Bertz CT molecular complexity index is 3200. The van der Waals surface area contributed by atoms with Crippen LogP contribution in [0.2, 0.25) is 0 Å². The molecule has 2 heterocycles. The van der Waals surface area contributed by atoms with Crippen molar-refractivity contribution < 1.29 is 8.83 Å². The molecule has 0 N–H and O–H groups in total.